The third-order valence-corrected chi connectivity index (χ3v) is 13.8. The first-order valence-electron chi connectivity index (χ1n) is 33.3. The minimum Gasteiger partial charge on any atom is -0.462 e. The van der Waals surface area contributed by atoms with Crippen molar-refractivity contribution in [3.8, 4) is 0 Å². The molecule has 0 saturated heterocycles. The Kier molecular flexibility index (Phi) is 63.9. The van der Waals surface area contributed by atoms with Crippen LogP contribution in [0, 0.1) is 0 Å². The zero-order valence-electron chi connectivity index (χ0n) is 52.5. The predicted octanol–water partition coefficient (Wildman–Crippen LogP) is 23.1. The van der Waals surface area contributed by atoms with Crippen LogP contribution >= 0.6 is 0 Å². The van der Waals surface area contributed by atoms with Crippen molar-refractivity contribution in [3.63, 3.8) is 0 Å². The van der Waals surface area contributed by atoms with Crippen LogP contribution in [0.1, 0.15) is 290 Å². The van der Waals surface area contributed by atoms with Crippen LogP contribution in [0.4, 0.5) is 0 Å². The van der Waals surface area contributed by atoms with E-state index in [2.05, 4.69) is 161 Å². The monoisotopic (exact) mass is 1120 g/mol. The second kappa shape index (κ2) is 67.8. The molecule has 0 aliphatic rings. The first kappa shape index (κ1) is 76.3. The molecule has 0 saturated carbocycles. The Balaban J connectivity index is 4.20. The van der Waals surface area contributed by atoms with Crippen LogP contribution in [0.5, 0.6) is 0 Å². The minimum atomic E-state index is -0.818. The van der Waals surface area contributed by atoms with E-state index in [4.69, 9.17) is 14.2 Å². The Morgan fingerprint density at radius 3 is 0.827 bits per heavy atom. The summed E-state index contributed by atoms with van der Waals surface area (Å²) in [6.45, 7) is 6.31. The molecule has 0 aromatic rings. The van der Waals surface area contributed by atoms with Gasteiger partial charge >= 0.3 is 17.9 Å². The first-order valence-corrected chi connectivity index (χ1v) is 33.3. The molecule has 0 aliphatic carbocycles. The fourth-order valence-electron chi connectivity index (χ4n) is 8.90. The van der Waals surface area contributed by atoms with Gasteiger partial charge in [-0.1, -0.05) is 289 Å². The SMILES string of the molecule is CC/C=C\C/C=C\C/C=C\C/C=C\C/C=C\C/C=C\CCCCCCCCCCCCCCCCCCC(=O)OCC(COC(=O)CC/C=C\C/C=C\C/C=C\C/C=C\CC)OC(=O)CCCCCCC/C=C\C/C=C\CCCCC. The van der Waals surface area contributed by atoms with Gasteiger partial charge in [0.05, 0.1) is 0 Å². The van der Waals surface area contributed by atoms with Crippen LogP contribution in [-0.4, -0.2) is 37.2 Å². The molecule has 0 heterocycles. The topological polar surface area (TPSA) is 78.9 Å². The van der Waals surface area contributed by atoms with Crippen LogP contribution in [0.15, 0.2) is 146 Å². The molecule has 1 unspecified atom stereocenters. The van der Waals surface area contributed by atoms with Crippen LogP contribution in [-0.2, 0) is 28.6 Å². The van der Waals surface area contributed by atoms with Crippen molar-refractivity contribution in [2.24, 2.45) is 0 Å². The molecule has 0 radical (unpaired) electrons. The van der Waals surface area contributed by atoms with Gasteiger partial charge in [-0.3, -0.25) is 14.4 Å². The van der Waals surface area contributed by atoms with E-state index in [1.807, 2.05) is 6.08 Å². The molecule has 0 rings (SSSR count). The molecule has 458 valence electrons. The van der Waals surface area contributed by atoms with Gasteiger partial charge in [-0.15, -0.1) is 0 Å². The maximum Gasteiger partial charge on any atom is 0.306 e. The maximum atomic E-state index is 12.9. The maximum absolute atomic E-state index is 12.9. The van der Waals surface area contributed by atoms with Crippen molar-refractivity contribution in [2.75, 3.05) is 13.2 Å². The number of rotatable bonds is 59. The first-order chi connectivity index (χ1) is 40.0. The quantitative estimate of drug-likeness (QED) is 0.0261. The highest BCUT2D eigenvalue weighted by atomic mass is 16.6. The highest BCUT2D eigenvalue weighted by Crippen LogP contribution is 2.16. The summed E-state index contributed by atoms with van der Waals surface area (Å²) < 4.78 is 16.8. The third-order valence-electron chi connectivity index (χ3n) is 13.8. The van der Waals surface area contributed by atoms with Gasteiger partial charge < -0.3 is 14.2 Å². The summed E-state index contributed by atoms with van der Waals surface area (Å²) in [5.74, 6) is -1.01. The van der Waals surface area contributed by atoms with Crippen molar-refractivity contribution in [1.82, 2.24) is 0 Å². The van der Waals surface area contributed by atoms with E-state index in [9.17, 15) is 14.4 Å². The average Bonchev–Trinajstić information content (AvgIpc) is 3.46. The lowest BCUT2D eigenvalue weighted by Crippen LogP contribution is -2.30. The molecule has 0 aliphatic heterocycles. The van der Waals surface area contributed by atoms with Gasteiger partial charge in [-0.05, 0) is 128 Å². The van der Waals surface area contributed by atoms with E-state index in [0.717, 1.165) is 128 Å². The van der Waals surface area contributed by atoms with Gasteiger partial charge in [0.25, 0.3) is 0 Å². The summed E-state index contributed by atoms with van der Waals surface area (Å²) in [6, 6.07) is 0. The van der Waals surface area contributed by atoms with E-state index in [0.29, 0.717) is 19.3 Å². The van der Waals surface area contributed by atoms with Crippen molar-refractivity contribution >= 4 is 17.9 Å². The smallest absolute Gasteiger partial charge is 0.306 e. The fourth-order valence-corrected chi connectivity index (χ4v) is 8.90. The van der Waals surface area contributed by atoms with Crippen molar-refractivity contribution in [1.29, 1.82) is 0 Å². The molecule has 0 aromatic heterocycles. The molecular weight excluding hydrogens is 997 g/mol. The summed E-state index contributed by atoms with van der Waals surface area (Å²) in [5, 5.41) is 0. The summed E-state index contributed by atoms with van der Waals surface area (Å²) in [4.78, 5) is 38.2. The third kappa shape index (κ3) is 66.0. The molecule has 0 spiro atoms. The van der Waals surface area contributed by atoms with Crippen molar-refractivity contribution in [3.05, 3.63) is 146 Å². The van der Waals surface area contributed by atoms with Crippen molar-refractivity contribution < 1.29 is 28.6 Å². The molecule has 0 bridgehead atoms. The van der Waals surface area contributed by atoms with Gasteiger partial charge in [-0.25, -0.2) is 0 Å². The van der Waals surface area contributed by atoms with E-state index < -0.39 is 6.10 Å². The lowest BCUT2D eigenvalue weighted by molar-refractivity contribution is -0.166. The molecule has 0 fully saturated rings. The summed E-state index contributed by atoms with van der Waals surface area (Å²) >= 11 is 0. The Labute approximate surface area is 499 Å². The van der Waals surface area contributed by atoms with E-state index in [-0.39, 0.29) is 37.5 Å². The largest absolute Gasteiger partial charge is 0.462 e. The van der Waals surface area contributed by atoms with Gasteiger partial charge in [0.15, 0.2) is 6.10 Å². The summed E-state index contributed by atoms with van der Waals surface area (Å²) in [5.41, 5.74) is 0. The lowest BCUT2D eigenvalue weighted by atomic mass is 10.0. The molecule has 81 heavy (non-hydrogen) atoms. The number of ether oxygens (including phenoxy) is 3. The van der Waals surface area contributed by atoms with Crippen LogP contribution in [0.3, 0.4) is 0 Å². The van der Waals surface area contributed by atoms with Gasteiger partial charge in [0.1, 0.15) is 13.2 Å². The summed E-state index contributed by atoms with van der Waals surface area (Å²) in [6.07, 6.45) is 97.5. The molecule has 0 N–H and O–H groups in total. The lowest BCUT2D eigenvalue weighted by Gasteiger charge is -2.18. The Morgan fingerprint density at radius 1 is 0.259 bits per heavy atom. The minimum absolute atomic E-state index is 0.108. The van der Waals surface area contributed by atoms with Gasteiger partial charge in [0, 0.05) is 19.3 Å². The normalized spacial score (nSPS) is 13.1. The highest BCUT2D eigenvalue weighted by Gasteiger charge is 2.19. The van der Waals surface area contributed by atoms with Gasteiger partial charge in [-0.2, -0.15) is 0 Å². The number of hydrogen-bond donors (Lipinski definition) is 0. The van der Waals surface area contributed by atoms with E-state index >= 15 is 0 Å². The molecule has 6 nitrogen and oxygen atoms in total. The van der Waals surface area contributed by atoms with Crippen LogP contribution in [0.25, 0.3) is 0 Å². The molecular formula is C75H122O6. The number of carbonyl (C=O) groups excluding carboxylic acids is 3. The number of hydrogen-bond acceptors (Lipinski definition) is 6. The highest BCUT2D eigenvalue weighted by molar-refractivity contribution is 5.71. The number of unbranched alkanes of at least 4 members (excludes halogenated alkanes) is 24. The number of carbonyl (C=O) groups is 3. The van der Waals surface area contributed by atoms with Crippen molar-refractivity contribution in [2.45, 2.75) is 297 Å². The van der Waals surface area contributed by atoms with Crippen LogP contribution < -0.4 is 0 Å². The van der Waals surface area contributed by atoms with Gasteiger partial charge in [0.2, 0.25) is 0 Å². The zero-order chi connectivity index (χ0) is 58.5. The van der Waals surface area contributed by atoms with E-state index in [1.165, 1.54) is 116 Å². The average molecular weight is 1120 g/mol. The molecule has 0 aromatic carbocycles. The summed E-state index contributed by atoms with van der Waals surface area (Å²) in [7, 11) is 0. The van der Waals surface area contributed by atoms with E-state index in [1.54, 1.807) is 0 Å². The van der Waals surface area contributed by atoms with Crippen LogP contribution in [0.2, 0.25) is 0 Å². The fraction of sp³-hybridized carbons (Fsp3) is 0.640. The number of allylic oxidation sites excluding steroid dienone is 24. The molecule has 1 atom stereocenters. The molecule has 0 amide bonds. The Morgan fingerprint density at radius 2 is 0.506 bits per heavy atom. The number of esters is 3. The predicted molar refractivity (Wildman–Crippen MR) is 352 cm³/mol. The second-order valence-electron chi connectivity index (χ2n) is 21.6. The Hall–Kier alpha value is -4.71. The second-order valence-corrected chi connectivity index (χ2v) is 21.6. The standard InChI is InChI=1S/C75H122O6/c1-4-7-10-13-16-19-22-25-27-28-29-30-31-32-33-34-35-36-37-38-39-40-41-42-43-44-45-46-48-50-53-56-59-62-65-68-74(77)80-71-72(70-79-73(76)67-64-61-58-55-52-49-24-21-18-15-12-9-6-3)81-75(78)69-66-63-60-57-54-51-47-26-23-20-17-14-11-8-5-2/h7,9-10,12,16-21,25-27,29-30,32-33,35-36,47,49,52,58,61,72H,4-6,8,11,13-15,22-24,28,31,34,37-46,48,50-51,53-57,59-60,62-71H2,1-3H3/b10-7-,12-9-,19-16-,20-17-,21-18-,27-25-,30-29-,33-32-,36-35-,47-26-,52-49-,61-58-. The molecule has 6 heteroatoms. The zero-order valence-corrected chi connectivity index (χ0v) is 52.5. The Bertz CT molecular complexity index is 1760.